The van der Waals surface area contributed by atoms with E-state index in [1.807, 2.05) is 6.07 Å². The van der Waals surface area contributed by atoms with E-state index < -0.39 is 23.5 Å². The number of amides is 1. The van der Waals surface area contributed by atoms with E-state index in [-0.39, 0.29) is 32.1 Å². The van der Waals surface area contributed by atoms with E-state index in [4.69, 9.17) is 14.0 Å². The molecule has 0 N–H and O–H groups in total. The first kappa shape index (κ1) is 28.8. The molecule has 1 heterocycles. The molecule has 3 aromatic carbocycles. The number of aromatic nitrogens is 2. The Kier molecular flexibility index (Phi) is 9.49. The van der Waals surface area contributed by atoms with Crippen molar-refractivity contribution in [3.63, 3.8) is 0 Å². The van der Waals surface area contributed by atoms with Crippen molar-refractivity contribution in [3.05, 3.63) is 95.1 Å². The van der Waals surface area contributed by atoms with Gasteiger partial charge in [0.15, 0.2) is 17.5 Å². The largest absolute Gasteiger partial charge is 0.489 e. The lowest BCUT2D eigenvalue weighted by Gasteiger charge is -2.20. The van der Waals surface area contributed by atoms with Crippen molar-refractivity contribution in [1.29, 1.82) is 0 Å². The molecular formula is C29H27F2N3O5S. The molecule has 8 nitrogen and oxygen atoms in total. The molecule has 1 aromatic heterocycles. The third kappa shape index (κ3) is 7.23. The number of carbonyl (C=O) groups is 2. The zero-order valence-electron chi connectivity index (χ0n) is 22.1. The Labute approximate surface area is 234 Å². The van der Waals surface area contributed by atoms with Gasteiger partial charge in [0.1, 0.15) is 18.9 Å². The molecule has 0 saturated heterocycles. The van der Waals surface area contributed by atoms with Crippen LogP contribution in [0.4, 0.5) is 8.78 Å². The first-order chi connectivity index (χ1) is 19.3. The monoisotopic (exact) mass is 567 g/mol. The van der Waals surface area contributed by atoms with E-state index in [0.29, 0.717) is 27.7 Å². The van der Waals surface area contributed by atoms with Gasteiger partial charge in [-0.15, -0.1) is 11.8 Å². The summed E-state index contributed by atoms with van der Waals surface area (Å²) >= 11 is 1.33. The zero-order valence-corrected chi connectivity index (χ0v) is 23.0. The molecule has 0 saturated carbocycles. The Morgan fingerprint density at radius 2 is 1.80 bits per heavy atom. The van der Waals surface area contributed by atoms with Crippen LogP contribution in [0.1, 0.15) is 34.6 Å². The minimum absolute atomic E-state index is 0.0295. The molecule has 40 heavy (non-hydrogen) atoms. The lowest BCUT2D eigenvalue weighted by atomic mass is 10.1. The van der Waals surface area contributed by atoms with Crippen LogP contribution < -0.4 is 4.74 Å². The molecular weight excluding hydrogens is 540 g/mol. The fourth-order valence-corrected chi connectivity index (χ4v) is 4.55. The van der Waals surface area contributed by atoms with E-state index >= 15 is 0 Å². The fourth-order valence-electron chi connectivity index (χ4n) is 3.94. The predicted octanol–water partition coefficient (Wildman–Crippen LogP) is 5.83. The number of thioether (sulfide) groups is 1. The number of carbonyl (C=O) groups excluding carboxylic acids is 2. The molecule has 208 valence electrons. The molecule has 0 fully saturated rings. The first-order valence-electron chi connectivity index (χ1n) is 12.4. The van der Waals surface area contributed by atoms with Gasteiger partial charge in [0.25, 0.3) is 5.91 Å². The Morgan fingerprint density at radius 3 is 2.48 bits per heavy atom. The third-order valence-electron chi connectivity index (χ3n) is 5.80. The normalized spacial score (nSPS) is 10.8. The summed E-state index contributed by atoms with van der Waals surface area (Å²) < 4.78 is 43.4. The molecule has 0 atom stereocenters. The molecule has 1 amide bonds. The molecule has 0 aliphatic heterocycles. The summed E-state index contributed by atoms with van der Waals surface area (Å²) in [6.45, 7) is 3.38. The summed E-state index contributed by atoms with van der Waals surface area (Å²) in [7, 11) is 0. The molecule has 0 aliphatic rings. The second kappa shape index (κ2) is 13.2. The summed E-state index contributed by atoms with van der Waals surface area (Å²) in [5.41, 5.74) is 2.39. The number of esters is 1. The Hall–Kier alpha value is -4.25. The number of hydrogen-bond acceptors (Lipinski definition) is 8. The topological polar surface area (TPSA) is 94.8 Å². The van der Waals surface area contributed by atoms with Gasteiger partial charge in [-0.2, -0.15) is 4.98 Å². The number of halogens is 2. The van der Waals surface area contributed by atoms with E-state index in [0.717, 1.165) is 11.1 Å². The van der Waals surface area contributed by atoms with Crippen LogP contribution in [0, 0.1) is 18.6 Å². The SMILES string of the molecule is CCOC(=O)CN(Cc1noc(C)n1)C(=O)c1cccc(COc2ccc(-c3cc(F)c(F)cc3SC)cc2)c1. The summed E-state index contributed by atoms with van der Waals surface area (Å²) in [4.78, 5) is 31.5. The van der Waals surface area contributed by atoms with E-state index in [1.165, 1.54) is 28.8 Å². The lowest BCUT2D eigenvalue weighted by molar-refractivity contribution is -0.144. The average Bonchev–Trinajstić information content (AvgIpc) is 3.37. The van der Waals surface area contributed by atoms with Crippen LogP contribution in [-0.4, -0.2) is 46.3 Å². The Balaban J connectivity index is 1.45. The summed E-state index contributed by atoms with van der Waals surface area (Å²) in [5.74, 6) is -1.57. The molecule has 0 unspecified atom stereocenters. The van der Waals surface area contributed by atoms with Gasteiger partial charge in [-0.05, 0) is 66.3 Å². The number of benzene rings is 3. The molecule has 0 radical (unpaired) electrons. The quantitative estimate of drug-likeness (QED) is 0.165. The second-order valence-corrected chi connectivity index (χ2v) is 9.52. The van der Waals surface area contributed by atoms with Crippen LogP contribution in [0.2, 0.25) is 0 Å². The van der Waals surface area contributed by atoms with Gasteiger partial charge in [-0.25, -0.2) is 8.78 Å². The lowest BCUT2D eigenvalue weighted by Crippen LogP contribution is -2.36. The molecule has 4 rings (SSSR count). The summed E-state index contributed by atoms with van der Waals surface area (Å²) in [6, 6.07) is 16.3. The van der Waals surface area contributed by atoms with E-state index in [2.05, 4.69) is 10.1 Å². The Bertz CT molecular complexity index is 1490. The highest BCUT2D eigenvalue weighted by molar-refractivity contribution is 7.98. The van der Waals surface area contributed by atoms with E-state index in [9.17, 15) is 18.4 Å². The van der Waals surface area contributed by atoms with Crippen molar-refractivity contribution < 1.29 is 32.4 Å². The number of ether oxygens (including phenoxy) is 2. The van der Waals surface area contributed by atoms with Crippen molar-refractivity contribution in [2.45, 2.75) is 31.9 Å². The van der Waals surface area contributed by atoms with Crippen LogP contribution in [0.5, 0.6) is 5.75 Å². The van der Waals surface area contributed by atoms with Gasteiger partial charge in [0.05, 0.1) is 13.2 Å². The summed E-state index contributed by atoms with van der Waals surface area (Å²) in [5, 5.41) is 3.82. The Morgan fingerprint density at radius 1 is 1.05 bits per heavy atom. The molecule has 0 bridgehead atoms. The van der Waals surface area contributed by atoms with Crippen LogP contribution in [0.3, 0.4) is 0 Å². The van der Waals surface area contributed by atoms with Gasteiger partial charge < -0.3 is 18.9 Å². The van der Waals surface area contributed by atoms with Gasteiger partial charge in [0, 0.05) is 17.4 Å². The second-order valence-electron chi connectivity index (χ2n) is 8.68. The first-order valence-corrected chi connectivity index (χ1v) is 13.6. The van der Waals surface area contributed by atoms with Crippen molar-refractivity contribution in [2.24, 2.45) is 0 Å². The van der Waals surface area contributed by atoms with Crippen LogP contribution in [0.25, 0.3) is 11.1 Å². The highest BCUT2D eigenvalue weighted by Crippen LogP contribution is 2.33. The highest BCUT2D eigenvalue weighted by atomic mass is 32.2. The van der Waals surface area contributed by atoms with E-state index in [1.54, 1.807) is 62.6 Å². The minimum Gasteiger partial charge on any atom is -0.489 e. The maximum atomic E-state index is 13.8. The van der Waals surface area contributed by atoms with Crippen LogP contribution in [0.15, 0.2) is 70.1 Å². The number of aryl methyl sites for hydroxylation is 1. The zero-order chi connectivity index (χ0) is 28.6. The van der Waals surface area contributed by atoms with Gasteiger partial charge in [0.2, 0.25) is 5.89 Å². The smallest absolute Gasteiger partial charge is 0.325 e. The average molecular weight is 568 g/mol. The molecule has 0 aliphatic carbocycles. The molecule has 11 heteroatoms. The van der Waals surface area contributed by atoms with Crippen molar-refractivity contribution in [3.8, 4) is 16.9 Å². The standard InChI is InChI=1S/C29H27F2N3O5S/c1-4-37-28(35)16-34(15-27-32-18(2)39-33-27)29(36)21-7-5-6-19(12-21)17-38-22-10-8-20(9-11-22)23-13-24(30)25(31)14-26(23)40-3/h5-14H,4,15-17H2,1-3H3. The third-order valence-corrected chi connectivity index (χ3v) is 6.58. The molecule has 4 aromatic rings. The summed E-state index contributed by atoms with van der Waals surface area (Å²) in [6.07, 6.45) is 1.80. The van der Waals surface area contributed by atoms with Gasteiger partial charge in [-0.1, -0.05) is 29.4 Å². The van der Waals surface area contributed by atoms with Crippen LogP contribution in [-0.2, 0) is 22.7 Å². The molecule has 0 spiro atoms. The maximum absolute atomic E-state index is 13.8. The van der Waals surface area contributed by atoms with Crippen molar-refractivity contribution in [1.82, 2.24) is 15.0 Å². The number of nitrogens with zero attached hydrogens (tertiary/aromatic N) is 3. The minimum atomic E-state index is -0.907. The fraction of sp³-hybridized carbons (Fsp3) is 0.241. The van der Waals surface area contributed by atoms with Crippen molar-refractivity contribution >= 4 is 23.6 Å². The van der Waals surface area contributed by atoms with Gasteiger partial charge >= 0.3 is 5.97 Å². The van der Waals surface area contributed by atoms with Crippen molar-refractivity contribution in [2.75, 3.05) is 19.4 Å². The highest BCUT2D eigenvalue weighted by Gasteiger charge is 2.22. The predicted molar refractivity (Wildman–Crippen MR) is 145 cm³/mol. The maximum Gasteiger partial charge on any atom is 0.325 e. The number of rotatable bonds is 11. The van der Waals surface area contributed by atoms with Crippen LogP contribution >= 0.6 is 11.8 Å². The number of hydrogen-bond donors (Lipinski definition) is 0. The van der Waals surface area contributed by atoms with Gasteiger partial charge in [-0.3, -0.25) is 9.59 Å².